The highest BCUT2D eigenvalue weighted by Crippen LogP contribution is 2.25. The predicted molar refractivity (Wildman–Crippen MR) is 68.0 cm³/mol. The number of aromatic nitrogens is 2. The van der Waals surface area contributed by atoms with Gasteiger partial charge >= 0.3 is 0 Å². The molecule has 0 bridgehead atoms. The van der Waals surface area contributed by atoms with E-state index in [9.17, 15) is 0 Å². The van der Waals surface area contributed by atoms with Gasteiger partial charge in [0.1, 0.15) is 0 Å². The number of hydrogen-bond donors (Lipinski definition) is 2. The molecule has 1 aliphatic rings. The minimum absolute atomic E-state index is 0.487. The molecular formula is C12H15N3OS. The quantitative estimate of drug-likeness (QED) is 0.871. The predicted octanol–water partition coefficient (Wildman–Crippen LogP) is 2.02. The third kappa shape index (κ3) is 2.41. The van der Waals surface area contributed by atoms with Gasteiger partial charge in [0.05, 0.1) is 23.4 Å². The Hall–Kier alpha value is -1.17. The topological polar surface area (TPSA) is 49.9 Å². The van der Waals surface area contributed by atoms with Gasteiger partial charge in [0, 0.05) is 24.8 Å². The molecule has 1 unspecified atom stereocenters. The number of H-pyrrole nitrogens is 1. The van der Waals surface area contributed by atoms with Gasteiger partial charge in [0.15, 0.2) is 0 Å². The van der Waals surface area contributed by atoms with E-state index in [4.69, 9.17) is 4.74 Å². The van der Waals surface area contributed by atoms with E-state index in [1.54, 1.807) is 11.3 Å². The fourth-order valence-electron chi connectivity index (χ4n) is 2.03. The van der Waals surface area contributed by atoms with Crippen molar-refractivity contribution in [1.29, 1.82) is 0 Å². The Kier molecular flexibility index (Phi) is 3.22. The summed E-state index contributed by atoms with van der Waals surface area (Å²) in [5.41, 5.74) is 2.35. The van der Waals surface area contributed by atoms with Crippen LogP contribution in [0, 0.1) is 0 Å². The lowest BCUT2D eigenvalue weighted by atomic mass is 10.2. The zero-order valence-corrected chi connectivity index (χ0v) is 10.3. The summed E-state index contributed by atoms with van der Waals surface area (Å²) in [7, 11) is 0. The smallest absolute Gasteiger partial charge is 0.0794 e. The van der Waals surface area contributed by atoms with Gasteiger partial charge in [-0.3, -0.25) is 5.10 Å². The van der Waals surface area contributed by atoms with Crippen LogP contribution < -0.4 is 5.32 Å². The van der Waals surface area contributed by atoms with Crippen molar-refractivity contribution >= 4 is 11.3 Å². The molecule has 3 rings (SSSR count). The highest BCUT2D eigenvalue weighted by atomic mass is 32.1. The molecule has 1 fully saturated rings. The fraction of sp³-hybridized carbons (Fsp3) is 0.417. The van der Waals surface area contributed by atoms with E-state index < -0.39 is 0 Å². The van der Waals surface area contributed by atoms with Crippen molar-refractivity contribution in [2.75, 3.05) is 13.2 Å². The van der Waals surface area contributed by atoms with Gasteiger partial charge in [0.2, 0.25) is 0 Å². The molecule has 1 aliphatic heterocycles. The van der Waals surface area contributed by atoms with Gasteiger partial charge < -0.3 is 10.1 Å². The van der Waals surface area contributed by atoms with Crippen LogP contribution in [-0.4, -0.2) is 29.5 Å². The number of aromatic amines is 1. The standard InChI is InChI=1S/C12H15N3OS/c1-2-11(17-5-1)12-9(7-14-15-12)6-13-10-3-4-16-8-10/h1-2,5,7,10,13H,3-4,6,8H2,(H,14,15). The first-order chi connectivity index (χ1) is 8.43. The van der Waals surface area contributed by atoms with Crippen LogP contribution in [-0.2, 0) is 11.3 Å². The third-order valence-corrected chi connectivity index (χ3v) is 3.88. The molecule has 0 spiro atoms. The molecular weight excluding hydrogens is 234 g/mol. The van der Waals surface area contributed by atoms with E-state index in [2.05, 4.69) is 33.0 Å². The molecule has 1 atom stereocenters. The molecule has 1 saturated heterocycles. The zero-order valence-electron chi connectivity index (χ0n) is 9.48. The molecule has 5 heteroatoms. The number of nitrogens with zero attached hydrogens (tertiary/aromatic N) is 1. The van der Waals surface area contributed by atoms with Gasteiger partial charge in [-0.2, -0.15) is 5.10 Å². The van der Waals surface area contributed by atoms with Crippen LogP contribution in [0.2, 0.25) is 0 Å². The second kappa shape index (κ2) is 5.00. The minimum Gasteiger partial charge on any atom is -0.380 e. The summed E-state index contributed by atoms with van der Waals surface area (Å²) in [5, 5.41) is 12.8. The van der Waals surface area contributed by atoms with Crippen LogP contribution in [0.4, 0.5) is 0 Å². The van der Waals surface area contributed by atoms with Crippen LogP contribution in [0.3, 0.4) is 0 Å². The van der Waals surface area contributed by atoms with Crippen molar-refractivity contribution in [1.82, 2.24) is 15.5 Å². The van der Waals surface area contributed by atoms with Crippen LogP contribution in [0.15, 0.2) is 23.7 Å². The van der Waals surface area contributed by atoms with Gasteiger partial charge in [-0.05, 0) is 17.9 Å². The molecule has 2 aromatic rings. The minimum atomic E-state index is 0.487. The maximum atomic E-state index is 5.35. The molecule has 0 amide bonds. The molecule has 0 radical (unpaired) electrons. The van der Waals surface area contributed by atoms with Gasteiger partial charge in [-0.25, -0.2) is 0 Å². The molecule has 3 heterocycles. The number of rotatable bonds is 4. The number of thiophene rings is 1. The second-order valence-corrected chi connectivity index (χ2v) is 5.14. The lowest BCUT2D eigenvalue weighted by Gasteiger charge is -2.09. The highest BCUT2D eigenvalue weighted by Gasteiger charge is 2.16. The van der Waals surface area contributed by atoms with Gasteiger partial charge in [0.25, 0.3) is 0 Å². The summed E-state index contributed by atoms with van der Waals surface area (Å²) >= 11 is 1.73. The Bertz CT molecular complexity index is 460. The average molecular weight is 249 g/mol. The molecule has 4 nitrogen and oxygen atoms in total. The first-order valence-corrected chi connectivity index (χ1v) is 6.68. The van der Waals surface area contributed by atoms with Crippen molar-refractivity contribution in [3.63, 3.8) is 0 Å². The first kappa shape index (κ1) is 11.0. The fourth-order valence-corrected chi connectivity index (χ4v) is 2.78. The Morgan fingerprint density at radius 2 is 2.59 bits per heavy atom. The Morgan fingerprint density at radius 1 is 1.59 bits per heavy atom. The van der Waals surface area contributed by atoms with Gasteiger partial charge in [-0.15, -0.1) is 11.3 Å². The Labute approximate surface area is 104 Å². The summed E-state index contributed by atoms with van der Waals surface area (Å²) in [6.07, 6.45) is 3.00. The number of hydrogen-bond acceptors (Lipinski definition) is 4. The van der Waals surface area contributed by atoms with E-state index in [1.807, 2.05) is 6.20 Å². The lowest BCUT2D eigenvalue weighted by molar-refractivity contribution is 0.190. The van der Waals surface area contributed by atoms with Crippen LogP contribution in [0.1, 0.15) is 12.0 Å². The average Bonchev–Trinajstić information content (AvgIpc) is 3.09. The Balaban J connectivity index is 1.69. The van der Waals surface area contributed by atoms with E-state index in [0.29, 0.717) is 6.04 Å². The largest absolute Gasteiger partial charge is 0.380 e. The second-order valence-electron chi connectivity index (χ2n) is 4.19. The monoisotopic (exact) mass is 249 g/mol. The summed E-state index contributed by atoms with van der Waals surface area (Å²) < 4.78 is 5.35. The summed E-state index contributed by atoms with van der Waals surface area (Å²) in [5.74, 6) is 0. The van der Waals surface area contributed by atoms with Crippen molar-refractivity contribution in [2.45, 2.75) is 19.0 Å². The summed E-state index contributed by atoms with van der Waals surface area (Å²) in [4.78, 5) is 1.24. The maximum Gasteiger partial charge on any atom is 0.0794 e. The Morgan fingerprint density at radius 3 is 3.35 bits per heavy atom. The van der Waals surface area contributed by atoms with E-state index in [1.165, 1.54) is 10.4 Å². The molecule has 90 valence electrons. The zero-order chi connectivity index (χ0) is 11.5. The number of ether oxygens (including phenoxy) is 1. The molecule has 0 saturated carbocycles. The molecule has 0 aromatic carbocycles. The van der Waals surface area contributed by atoms with E-state index >= 15 is 0 Å². The lowest BCUT2D eigenvalue weighted by Crippen LogP contribution is -2.28. The van der Waals surface area contributed by atoms with Crippen molar-refractivity contribution < 1.29 is 4.74 Å². The normalized spacial score (nSPS) is 19.9. The van der Waals surface area contributed by atoms with E-state index in [-0.39, 0.29) is 0 Å². The van der Waals surface area contributed by atoms with Crippen LogP contribution in [0.25, 0.3) is 10.6 Å². The SMILES string of the molecule is c1csc(-c2[nH]ncc2CNC2CCOC2)c1. The van der Waals surface area contributed by atoms with Crippen molar-refractivity contribution in [3.05, 3.63) is 29.3 Å². The van der Waals surface area contributed by atoms with Gasteiger partial charge in [-0.1, -0.05) is 6.07 Å². The molecule has 17 heavy (non-hydrogen) atoms. The third-order valence-electron chi connectivity index (χ3n) is 3.00. The molecule has 0 aliphatic carbocycles. The van der Waals surface area contributed by atoms with Crippen molar-refractivity contribution in [2.24, 2.45) is 0 Å². The van der Waals surface area contributed by atoms with E-state index in [0.717, 1.165) is 31.9 Å². The molecule has 2 aromatic heterocycles. The first-order valence-electron chi connectivity index (χ1n) is 5.81. The van der Waals surface area contributed by atoms with Crippen LogP contribution >= 0.6 is 11.3 Å². The highest BCUT2D eigenvalue weighted by molar-refractivity contribution is 7.13. The van der Waals surface area contributed by atoms with Crippen molar-refractivity contribution in [3.8, 4) is 10.6 Å². The maximum absolute atomic E-state index is 5.35. The summed E-state index contributed by atoms with van der Waals surface area (Å²) in [6, 6.07) is 4.66. The van der Waals surface area contributed by atoms with Crippen LogP contribution in [0.5, 0.6) is 0 Å². The number of nitrogens with one attached hydrogen (secondary N) is 2. The summed E-state index contributed by atoms with van der Waals surface area (Å²) in [6.45, 7) is 2.55. The molecule has 2 N–H and O–H groups in total.